The van der Waals surface area contributed by atoms with Crippen LogP contribution >= 0.6 is 0 Å². The van der Waals surface area contributed by atoms with Crippen LogP contribution in [-0.4, -0.2) is 75.5 Å². The zero-order chi connectivity index (χ0) is 27.4. The van der Waals surface area contributed by atoms with Gasteiger partial charge >= 0.3 is 35.8 Å². The molecule has 0 spiro atoms. The van der Waals surface area contributed by atoms with Crippen LogP contribution in [0.2, 0.25) is 0 Å². The molecule has 36 heavy (non-hydrogen) atoms. The number of esters is 6. The minimum Gasteiger partial charge on any atom is -0.462 e. The predicted octanol–water partition coefficient (Wildman–Crippen LogP) is 2.75. The molecular formula is C24H30O12. The molecule has 0 saturated carbocycles. The van der Waals surface area contributed by atoms with Gasteiger partial charge in [0, 0.05) is 0 Å². The van der Waals surface area contributed by atoms with E-state index in [4.69, 9.17) is 28.4 Å². The maximum Gasteiger partial charge on any atom is 0.339 e. The van der Waals surface area contributed by atoms with Crippen LogP contribution < -0.4 is 0 Å². The van der Waals surface area contributed by atoms with E-state index < -0.39 is 69.2 Å². The molecule has 1 aromatic rings. The molecule has 0 heterocycles. The first kappa shape index (κ1) is 30.1. The van der Waals surface area contributed by atoms with Gasteiger partial charge in [0.25, 0.3) is 0 Å². The third-order valence-electron chi connectivity index (χ3n) is 4.38. The lowest BCUT2D eigenvalue weighted by atomic mass is 9.85. The zero-order valence-electron chi connectivity index (χ0n) is 21.1. The van der Waals surface area contributed by atoms with Crippen LogP contribution in [0, 0.1) is 0 Å². The molecule has 0 aliphatic rings. The van der Waals surface area contributed by atoms with Gasteiger partial charge in [-0.15, -0.1) is 0 Å². The van der Waals surface area contributed by atoms with Gasteiger partial charge in [-0.2, -0.15) is 0 Å². The van der Waals surface area contributed by atoms with Crippen molar-refractivity contribution in [2.45, 2.75) is 41.5 Å². The molecule has 0 bridgehead atoms. The summed E-state index contributed by atoms with van der Waals surface area (Å²) in [6.45, 7) is 7.52. The van der Waals surface area contributed by atoms with Crippen molar-refractivity contribution >= 4 is 35.8 Å². The smallest absolute Gasteiger partial charge is 0.339 e. The number of hydrogen-bond donors (Lipinski definition) is 0. The highest BCUT2D eigenvalue weighted by molar-refractivity contribution is 6.24. The maximum absolute atomic E-state index is 13.1. The summed E-state index contributed by atoms with van der Waals surface area (Å²) in [7, 11) is 0. The summed E-state index contributed by atoms with van der Waals surface area (Å²) in [5.41, 5.74) is -4.87. The highest BCUT2D eigenvalue weighted by Gasteiger charge is 2.43. The van der Waals surface area contributed by atoms with E-state index in [0.717, 1.165) is 0 Å². The number of rotatable bonds is 12. The summed E-state index contributed by atoms with van der Waals surface area (Å²) in [5, 5.41) is 0. The molecule has 198 valence electrons. The second kappa shape index (κ2) is 14.4. The lowest BCUT2D eigenvalue weighted by molar-refractivity contribution is 0.0414. The fraction of sp³-hybridized carbons (Fsp3) is 0.500. The summed E-state index contributed by atoms with van der Waals surface area (Å²) in [4.78, 5) is 78.7. The minimum absolute atomic E-state index is 0.202. The van der Waals surface area contributed by atoms with Crippen molar-refractivity contribution in [3.63, 3.8) is 0 Å². The lowest BCUT2D eigenvalue weighted by Crippen LogP contribution is -2.31. The van der Waals surface area contributed by atoms with E-state index >= 15 is 0 Å². The Balaban J connectivity index is 4.60. The molecule has 0 saturated heterocycles. The molecule has 0 aliphatic carbocycles. The standard InChI is InChI=1S/C24H30O12/c1-7-31-19(25)13-14(20(26)32-8-2)16(22(28)34-10-4)18(24(30)36-12-6)17(23(29)35-11-5)15(13)21(27)33-9-3/h7-12H2,1-6H3. The Kier molecular flexibility index (Phi) is 12.1. The number of benzene rings is 1. The van der Waals surface area contributed by atoms with E-state index in [1.54, 1.807) is 0 Å². The number of ether oxygens (including phenoxy) is 6. The molecular weight excluding hydrogens is 480 g/mol. The summed E-state index contributed by atoms with van der Waals surface area (Å²) in [5.74, 6) is -7.53. The summed E-state index contributed by atoms with van der Waals surface area (Å²) < 4.78 is 30.2. The zero-order valence-corrected chi connectivity index (χ0v) is 21.1. The van der Waals surface area contributed by atoms with Crippen LogP contribution in [0.15, 0.2) is 0 Å². The predicted molar refractivity (Wildman–Crippen MR) is 122 cm³/mol. The average molecular weight is 510 g/mol. The van der Waals surface area contributed by atoms with Crippen LogP contribution in [0.25, 0.3) is 0 Å². The van der Waals surface area contributed by atoms with Crippen LogP contribution in [0.4, 0.5) is 0 Å². The van der Waals surface area contributed by atoms with Gasteiger partial charge in [0.05, 0.1) is 73.0 Å². The normalized spacial score (nSPS) is 10.2. The molecule has 0 aromatic heterocycles. The van der Waals surface area contributed by atoms with Crippen molar-refractivity contribution < 1.29 is 57.2 Å². The first-order chi connectivity index (χ1) is 17.2. The second-order valence-electron chi connectivity index (χ2n) is 6.57. The third kappa shape index (κ3) is 6.58. The van der Waals surface area contributed by atoms with Gasteiger partial charge in [0.1, 0.15) is 0 Å². The molecule has 0 amide bonds. The fourth-order valence-corrected chi connectivity index (χ4v) is 3.19. The first-order valence-electron chi connectivity index (χ1n) is 11.4. The van der Waals surface area contributed by atoms with E-state index in [9.17, 15) is 28.8 Å². The van der Waals surface area contributed by atoms with Crippen LogP contribution in [0.5, 0.6) is 0 Å². The topological polar surface area (TPSA) is 158 Å². The van der Waals surface area contributed by atoms with Crippen molar-refractivity contribution in [2.24, 2.45) is 0 Å². The van der Waals surface area contributed by atoms with Crippen LogP contribution in [-0.2, 0) is 28.4 Å². The van der Waals surface area contributed by atoms with Crippen molar-refractivity contribution in [3.05, 3.63) is 33.4 Å². The Morgan fingerprint density at radius 3 is 0.528 bits per heavy atom. The first-order valence-corrected chi connectivity index (χ1v) is 11.4. The van der Waals surface area contributed by atoms with Crippen molar-refractivity contribution in [2.75, 3.05) is 39.6 Å². The Labute approximate surface area is 208 Å². The Hall–Kier alpha value is -3.96. The van der Waals surface area contributed by atoms with Crippen molar-refractivity contribution in [1.29, 1.82) is 0 Å². The Morgan fingerprint density at radius 2 is 0.444 bits per heavy atom. The van der Waals surface area contributed by atoms with Gasteiger partial charge in [-0.1, -0.05) is 0 Å². The van der Waals surface area contributed by atoms with Crippen molar-refractivity contribution in [1.82, 2.24) is 0 Å². The molecule has 0 atom stereocenters. The third-order valence-corrected chi connectivity index (χ3v) is 4.38. The maximum atomic E-state index is 13.1. The van der Waals surface area contributed by atoms with E-state index in [1.807, 2.05) is 0 Å². The molecule has 0 fully saturated rings. The van der Waals surface area contributed by atoms with E-state index in [-0.39, 0.29) is 39.6 Å². The quantitative estimate of drug-likeness (QED) is 0.299. The molecule has 1 rings (SSSR count). The van der Waals surface area contributed by atoms with Gasteiger partial charge in [-0.05, 0) is 41.5 Å². The largest absolute Gasteiger partial charge is 0.462 e. The summed E-state index contributed by atoms with van der Waals surface area (Å²) >= 11 is 0. The highest BCUT2D eigenvalue weighted by Crippen LogP contribution is 2.33. The van der Waals surface area contributed by atoms with Gasteiger partial charge < -0.3 is 28.4 Å². The van der Waals surface area contributed by atoms with Gasteiger partial charge in [-0.25, -0.2) is 28.8 Å². The number of carbonyl (C=O) groups excluding carboxylic acids is 6. The van der Waals surface area contributed by atoms with E-state index in [0.29, 0.717) is 0 Å². The van der Waals surface area contributed by atoms with Crippen LogP contribution in [0.1, 0.15) is 104 Å². The van der Waals surface area contributed by atoms with Gasteiger partial charge in [0.2, 0.25) is 0 Å². The summed E-state index contributed by atoms with van der Waals surface area (Å²) in [6.07, 6.45) is 0. The SMILES string of the molecule is CCOC(=O)c1c(C(=O)OCC)c(C(=O)OCC)c(C(=O)OCC)c(C(=O)OCC)c1C(=O)OCC. The molecule has 0 radical (unpaired) electrons. The molecule has 0 aliphatic heterocycles. The van der Waals surface area contributed by atoms with Crippen molar-refractivity contribution in [3.8, 4) is 0 Å². The average Bonchev–Trinajstić information content (AvgIpc) is 2.82. The van der Waals surface area contributed by atoms with Gasteiger partial charge in [-0.3, -0.25) is 0 Å². The lowest BCUT2D eigenvalue weighted by Gasteiger charge is -2.22. The second-order valence-corrected chi connectivity index (χ2v) is 6.57. The number of carbonyl (C=O) groups is 6. The molecule has 0 unspecified atom stereocenters. The molecule has 12 nitrogen and oxygen atoms in total. The number of hydrogen-bond acceptors (Lipinski definition) is 12. The molecule has 0 N–H and O–H groups in total. The molecule has 12 heteroatoms. The Bertz CT molecular complexity index is 795. The van der Waals surface area contributed by atoms with Gasteiger partial charge in [0.15, 0.2) is 0 Å². The summed E-state index contributed by atoms with van der Waals surface area (Å²) in [6, 6.07) is 0. The molecule has 1 aromatic carbocycles. The Morgan fingerprint density at radius 1 is 0.333 bits per heavy atom. The van der Waals surface area contributed by atoms with Crippen LogP contribution in [0.3, 0.4) is 0 Å². The highest BCUT2D eigenvalue weighted by atomic mass is 16.6. The minimum atomic E-state index is -1.25. The monoisotopic (exact) mass is 510 g/mol. The van der Waals surface area contributed by atoms with E-state index in [2.05, 4.69) is 0 Å². The fourth-order valence-electron chi connectivity index (χ4n) is 3.19. The van der Waals surface area contributed by atoms with E-state index in [1.165, 1.54) is 41.5 Å².